The van der Waals surface area contributed by atoms with E-state index < -0.39 is 0 Å². The Morgan fingerprint density at radius 3 is 2.45 bits per heavy atom. The van der Waals surface area contributed by atoms with Crippen LogP contribution in [-0.2, 0) is 0 Å². The van der Waals surface area contributed by atoms with Crippen LogP contribution in [0, 0.1) is 14.1 Å². The minimum absolute atomic E-state index is 0.487. The van der Waals surface area contributed by atoms with E-state index >= 15 is 0 Å². The number of rotatable bonds is 0. The molecule has 1 aromatic rings. The fourth-order valence-electron chi connectivity index (χ4n) is 0.648. The van der Waals surface area contributed by atoms with Crippen molar-refractivity contribution in [2.24, 2.45) is 0 Å². The van der Waals surface area contributed by atoms with Crippen molar-refractivity contribution < 1.29 is 0 Å². The number of aromatic nitrogens is 1. The monoisotopic (exact) mass is 394 g/mol. The zero-order valence-electron chi connectivity index (χ0n) is 5.66. The Labute approximate surface area is 97.2 Å². The van der Waals surface area contributed by atoms with E-state index in [1.165, 1.54) is 0 Å². The normalized spacial score (nSPS) is 10.2. The molecule has 0 aromatic carbocycles. The molecule has 0 aliphatic rings. The van der Waals surface area contributed by atoms with Crippen LogP contribution in [-0.4, -0.2) is 4.98 Å². The van der Waals surface area contributed by atoms with Crippen molar-refractivity contribution in [2.75, 3.05) is 5.73 Å². The number of hydrogen-bond acceptors (Lipinski definition) is 2. The van der Waals surface area contributed by atoms with Crippen molar-refractivity contribution in [2.45, 2.75) is 6.92 Å². The van der Waals surface area contributed by atoms with Gasteiger partial charge in [-0.15, -0.1) is 0 Å². The van der Waals surface area contributed by atoms with Gasteiger partial charge in [0, 0.05) is 0 Å². The molecule has 1 rings (SSSR count). The summed E-state index contributed by atoms with van der Waals surface area (Å²) in [5.74, 6) is 0. The Hall–Kier alpha value is 0.700. The molecule has 0 atom stereocenters. The van der Waals surface area contributed by atoms with Crippen LogP contribution in [0.2, 0.25) is 5.15 Å². The lowest BCUT2D eigenvalue weighted by molar-refractivity contribution is 1.17. The zero-order valence-corrected chi connectivity index (χ0v) is 10.7. The van der Waals surface area contributed by atoms with E-state index in [4.69, 9.17) is 17.3 Å². The number of nitrogens with two attached hydrogens (primary N) is 1. The Balaban J connectivity index is 3.46. The van der Waals surface area contributed by atoms with E-state index in [-0.39, 0.29) is 0 Å². The van der Waals surface area contributed by atoms with Gasteiger partial charge in [0.25, 0.3) is 0 Å². The predicted octanol–water partition coefficient (Wildman–Crippen LogP) is 2.83. The van der Waals surface area contributed by atoms with E-state index in [2.05, 4.69) is 50.2 Å². The van der Waals surface area contributed by atoms with Crippen molar-refractivity contribution in [1.29, 1.82) is 0 Å². The average Bonchev–Trinajstić information content (AvgIpc) is 1.97. The molecule has 0 aliphatic carbocycles. The Morgan fingerprint density at radius 2 is 1.91 bits per heavy atom. The predicted molar refractivity (Wildman–Crippen MR) is 63.8 cm³/mol. The third-order valence-electron chi connectivity index (χ3n) is 1.24. The first-order valence-electron chi connectivity index (χ1n) is 2.80. The van der Waals surface area contributed by atoms with Crippen LogP contribution in [0.5, 0.6) is 0 Å². The van der Waals surface area contributed by atoms with E-state index in [1.54, 1.807) is 0 Å². The maximum atomic E-state index is 5.79. The number of nitrogens with zero attached hydrogens (tertiary/aromatic N) is 1. The summed E-state index contributed by atoms with van der Waals surface area (Å²) in [7, 11) is 0. The summed E-state index contributed by atoms with van der Waals surface area (Å²) in [6, 6.07) is 0. The van der Waals surface area contributed by atoms with E-state index in [1.807, 2.05) is 6.92 Å². The van der Waals surface area contributed by atoms with Crippen LogP contribution in [0.4, 0.5) is 5.69 Å². The molecule has 0 amide bonds. The molecular formula is C6H5ClI2N2. The summed E-state index contributed by atoms with van der Waals surface area (Å²) in [6.45, 7) is 1.89. The molecule has 0 fully saturated rings. The van der Waals surface area contributed by atoms with Gasteiger partial charge in [-0.25, -0.2) is 4.98 Å². The molecule has 0 saturated carbocycles. The van der Waals surface area contributed by atoms with Crippen molar-refractivity contribution in [3.8, 4) is 0 Å². The average molecular weight is 394 g/mol. The molecule has 0 radical (unpaired) electrons. The summed E-state index contributed by atoms with van der Waals surface area (Å²) in [5, 5.41) is 0.487. The summed E-state index contributed by atoms with van der Waals surface area (Å²) >= 11 is 10.0. The standard InChI is InChI=1S/C6H5ClI2N2/c1-2-3(8)5(10)4(9)6(7)11-2/h1H3,(H2,10,11). The Bertz CT molecular complexity index is 275. The molecule has 60 valence electrons. The first kappa shape index (κ1) is 9.79. The lowest BCUT2D eigenvalue weighted by Gasteiger charge is -2.05. The minimum atomic E-state index is 0.487. The second-order valence-electron chi connectivity index (χ2n) is 2.03. The molecule has 2 N–H and O–H groups in total. The molecule has 0 aliphatic heterocycles. The second-order valence-corrected chi connectivity index (χ2v) is 4.55. The Morgan fingerprint density at radius 1 is 1.36 bits per heavy atom. The van der Waals surface area contributed by atoms with Gasteiger partial charge in [0.05, 0.1) is 18.5 Å². The van der Waals surface area contributed by atoms with Gasteiger partial charge in [0.2, 0.25) is 0 Å². The molecule has 1 aromatic heterocycles. The minimum Gasteiger partial charge on any atom is -0.397 e. The fourth-order valence-corrected chi connectivity index (χ4v) is 2.17. The van der Waals surface area contributed by atoms with Gasteiger partial charge in [0.1, 0.15) is 5.15 Å². The summed E-state index contributed by atoms with van der Waals surface area (Å²) in [6.07, 6.45) is 0. The highest BCUT2D eigenvalue weighted by atomic mass is 127. The third-order valence-corrected chi connectivity index (χ3v) is 4.28. The topological polar surface area (TPSA) is 38.9 Å². The van der Waals surface area contributed by atoms with Gasteiger partial charge < -0.3 is 5.73 Å². The van der Waals surface area contributed by atoms with Crippen molar-refractivity contribution >= 4 is 62.5 Å². The van der Waals surface area contributed by atoms with Gasteiger partial charge in [-0.2, -0.15) is 0 Å². The van der Waals surface area contributed by atoms with Crippen LogP contribution >= 0.6 is 56.8 Å². The molecule has 2 nitrogen and oxygen atoms in total. The summed E-state index contributed by atoms with van der Waals surface area (Å²) in [5.41, 5.74) is 7.35. The first-order chi connectivity index (χ1) is 5.04. The lowest BCUT2D eigenvalue weighted by atomic mass is 10.3. The number of anilines is 1. The van der Waals surface area contributed by atoms with Crippen LogP contribution in [0.1, 0.15) is 5.69 Å². The van der Waals surface area contributed by atoms with E-state index in [0.717, 1.165) is 18.5 Å². The Kier molecular flexibility index (Phi) is 3.21. The summed E-state index contributed by atoms with van der Waals surface area (Å²) < 4.78 is 1.82. The van der Waals surface area contributed by atoms with Crippen LogP contribution in [0.25, 0.3) is 0 Å². The van der Waals surface area contributed by atoms with E-state index in [9.17, 15) is 0 Å². The van der Waals surface area contributed by atoms with Crippen LogP contribution in [0.15, 0.2) is 0 Å². The van der Waals surface area contributed by atoms with Crippen molar-refractivity contribution in [3.05, 3.63) is 18.0 Å². The van der Waals surface area contributed by atoms with Gasteiger partial charge in [-0.1, -0.05) is 11.6 Å². The molecular weight excluding hydrogens is 389 g/mol. The van der Waals surface area contributed by atoms with Crippen LogP contribution in [0.3, 0.4) is 0 Å². The first-order valence-corrected chi connectivity index (χ1v) is 5.34. The van der Waals surface area contributed by atoms with Crippen molar-refractivity contribution in [1.82, 2.24) is 4.98 Å². The highest BCUT2D eigenvalue weighted by Crippen LogP contribution is 2.28. The molecule has 5 heteroatoms. The van der Waals surface area contributed by atoms with Gasteiger partial charge in [-0.3, -0.25) is 0 Å². The van der Waals surface area contributed by atoms with Crippen molar-refractivity contribution in [3.63, 3.8) is 0 Å². The molecule has 11 heavy (non-hydrogen) atoms. The third kappa shape index (κ3) is 1.89. The van der Waals surface area contributed by atoms with Gasteiger partial charge in [-0.05, 0) is 52.1 Å². The second kappa shape index (κ2) is 3.61. The number of hydrogen-bond donors (Lipinski definition) is 1. The molecule has 0 bridgehead atoms. The zero-order chi connectivity index (χ0) is 8.59. The highest BCUT2D eigenvalue weighted by Gasteiger charge is 2.09. The molecule has 0 spiro atoms. The summed E-state index contributed by atoms with van der Waals surface area (Å²) in [4.78, 5) is 4.10. The molecule has 1 heterocycles. The number of aryl methyl sites for hydroxylation is 1. The smallest absolute Gasteiger partial charge is 0.144 e. The number of nitrogen functional groups attached to an aromatic ring is 1. The molecule has 0 saturated heterocycles. The molecule has 0 unspecified atom stereocenters. The SMILES string of the molecule is Cc1nc(Cl)c(I)c(N)c1I. The lowest BCUT2D eigenvalue weighted by Crippen LogP contribution is -1.99. The highest BCUT2D eigenvalue weighted by molar-refractivity contribution is 14.1. The van der Waals surface area contributed by atoms with Gasteiger partial charge >= 0.3 is 0 Å². The number of halogens is 3. The largest absolute Gasteiger partial charge is 0.397 e. The van der Waals surface area contributed by atoms with E-state index in [0.29, 0.717) is 5.15 Å². The fraction of sp³-hybridized carbons (Fsp3) is 0.167. The quantitative estimate of drug-likeness (QED) is 0.543. The van der Waals surface area contributed by atoms with Crippen LogP contribution < -0.4 is 5.73 Å². The van der Waals surface area contributed by atoms with Gasteiger partial charge in [0.15, 0.2) is 0 Å². The maximum absolute atomic E-state index is 5.79. The maximum Gasteiger partial charge on any atom is 0.144 e. The number of pyridine rings is 1.